The maximum atomic E-state index is 6.17. The Bertz CT molecular complexity index is 247. The van der Waals surface area contributed by atoms with Gasteiger partial charge in [-0.3, -0.25) is 4.90 Å². The van der Waals surface area contributed by atoms with Crippen molar-refractivity contribution in [2.75, 3.05) is 13.6 Å². The van der Waals surface area contributed by atoms with Crippen LogP contribution < -0.4 is 5.73 Å². The Morgan fingerprint density at radius 2 is 1.76 bits per heavy atom. The molecule has 0 aromatic rings. The van der Waals surface area contributed by atoms with Crippen LogP contribution in [0.3, 0.4) is 0 Å². The van der Waals surface area contributed by atoms with E-state index in [2.05, 4.69) is 46.6 Å². The molecule has 0 spiro atoms. The van der Waals surface area contributed by atoms with E-state index >= 15 is 0 Å². The molecule has 0 bridgehead atoms. The van der Waals surface area contributed by atoms with Crippen LogP contribution in [0.1, 0.15) is 60.3 Å². The summed E-state index contributed by atoms with van der Waals surface area (Å²) in [5.74, 6) is 0.756. The summed E-state index contributed by atoms with van der Waals surface area (Å²) in [6, 6.07) is 0.621. The smallest absolute Gasteiger partial charge is 0.0382 e. The van der Waals surface area contributed by atoms with Crippen LogP contribution in [0.4, 0.5) is 0 Å². The third kappa shape index (κ3) is 2.68. The average Bonchev–Trinajstić information content (AvgIpc) is 2.52. The predicted octanol–water partition coefficient (Wildman–Crippen LogP) is 3.26. The van der Waals surface area contributed by atoms with Gasteiger partial charge in [0.05, 0.1) is 0 Å². The molecule has 2 heteroatoms. The molecular weight excluding hydrogens is 208 g/mol. The van der Waals surface area contributed by atoms with Crippen LogP contribution in [-0.2, 0) is 0 Å². The lowest BCUT2D eigenvalue weighted by atomic mass is 9.73. The number of rotatable bonds is 5. The number of nitrogens with zero attached hydrogens (tertiary/aromatic N) is 1. The summed E-state index contributed by atoms with van der Waals surface area (Å²) in [6.07, 6.45) is 5.15. The monoisotopic (exact) mass is 240 g/mol. The molecule has 102 valence electrons. The van der Waals surface area contributed by atoms with Crippen molar-refractivity contribution in [3.63, 3.8) is 0 Å². The Balaban J connectivity index is 2.86. The van der Waals surface area contributed by atoms with Gasteiger partial charge in [-0.25, -0.2) is 0 Å². The van der Waals surface area contributed by atoms with Gasteiger partial charge in [0.15, 0.2) is 0 Å². The lowest BCUT2D eigenvalue weighted by Crippen LogP contribution is -2.60. The summed E-state index contributed by atoms with van der Waals surface area (Å²) in [5, 5.41) is 0. The Hall–Kier alpha value is -0.0800. The SMILES string of the molecule is CC(C)CC(C)N(C)C1(CN)CCCC1(C)C. The standard InChI is InChI=1S/C15H32N2/c1-12(2)10-13(3)17(6)15(11-16)9-7-8-14(15,4)5/h12-13H,7-11,16H2,1-6H3. The van der Waals surface area contributed by atoms with Crippen LogP contribution in [0.25, 0.3) is 0 Å². The van der Waals surface area contributed by atoms with E-state index < -0.39 is 0 Å². The van der Waals surface area contributed by atoms with Crippen molar-refractivity contribution in [2.24, 2.45) is 17.1 Å². The van der Waals surface area contributed by atoms with Gasteiger partial charge < -0.3 is 5.73 Å². The first-order chi connectivity index (χ1) is 7.77. The molecule has 1 aliphatic carbocycles. The van der Waals surface area contributed by atoms with Crippen LogP contribution in [0.2, 0.25) is 0 Å². The molecule has 1 fully saturated rings. The molecule has 0 saturated heterocycles. The molecule has 2 nitrogen and oxygen atoms in total. The van der Waals surface area contributed by atoms with Crippen molar-refractivity contribution in [1.29, 1.82) is 0 Å². The van der Waals surface area contributed by atoms with Crippen LogP contribution in [0.5, 0.6) is 0 Å². The van der Waals surface area contributed by atoms with Crippen LogP contribution >= 0.6 is 0 Å². The highest BCUT2D eigenvalue weighted by Crippen LogP contribution is 2.49. The normalized spacial score (nSPS) is 30.2. The second kappa shape index (κ2) is 5.27. The zero-order chi connectivity index (χ0) is 13.3. The summed E-state index contributed by atoms with van der Waals surface area (Å²) >= 11 is 0. The first kappa shape index (κ1) is 15.0. The zero-order valence-corrected chi connectivity index (χ0v) is 12.7. The van der Waals surface area contributed by atoms with Crippen molar-refractivity contribution in [3.8, 4) is 0 Å². The first-order valence-electron chi connectivity index (χ1n) is 7.20. The fourth-order valence-electron chi connectivity index (χ4n) is 3.83. The summed E-state index contributed by atoms with van der Waals surface area (Å²) < 4.78 is 0. The molecule has 0 heterocycles. The largest absolute Gasteiger partial charge is 0.329 e. The molecule has 0 aromatic carbocycles. The molecule has 2 atom stereocenters. The van der Waals surface area contributed by atoms with Crippen LogP contribution in [-0.4, -0.2) is 30.1 Å². The van der Waals surface area contributed by atoms with Gasteiger partial charge in [-0.15, -0.1) is 0 Å². The second-order valence-electron chi connectivity index (χ2n) is 7.06. The number of nitrogens with two attached hydrogens (primary N) is 1. The van der Waals surface area contributed by atoms with Crippen LogP contribution in [0, 0.1) is 11.3 Å². The minimum atomic E-state index is 0.210. The molecule has 1 rings (SSSR count). The zero-order valence-electron chi connectivity index (χ0n) is 12.7. The Labute approximate surface area is 108 Å². The van der Waals surface area contributed by atoms with E-state index in [1.165, 1.54) is 25.7 Å². The highest BCUT2D eigenvalue weighted by atomic mass is 15.2. The van der Waals surface area contributed by atoms with E-state index in [1.807, 2.05) is 0 Å². The van der Waals surface area contributed by atoms with Crippen molar-refractivity contribution in [3.05, 3.63) is 0 Å². The Morgan fingerprint density at radius 3 is 2.12 bits per heavy atom. The highest BCUT2D eigenvalue weighted by Gasteiger charge is 2.51. The number of hydrogen-bond acceptors (Lipinski definition) is 2. The minimum Gasteiger partial charge on any atom is -0.329 e. The molecule has 0 aromatic heterocycles. The first-order valence-corrected chi connectivity index (χ1v) is 7.20. The van der Waals surface area contributed by atoms with Gasteiger partial charge in [-0.1, -0.05) is 34.1 Å². The third-order valence-electron chi connectivity index (χ3n) is 5.14. The molecule has 2 unspecified atom stereocenters. The van der Waals surface area contributed by atoms with Gasteiger partial charge >= 0.3 is 0 Å². The van der Waals surface area contributed by atoms with E-state index in [1.54, 1.807) is 0 Å². The van der Waals surface area contributed by atoms with E-state index in [9.17, 15) is 0 Å². The molecular formula is C15H32N2. The topological polar surface area (TPSA) is 29.3 Å². The minimum absolute atomic E-state index is 0.210. The van der Waals surface area contributed by atoms with Crippen molar-refractivity contribution in [2.45, 2.75) is 71.9 Å². The summed E-state index contributed by atoms with van der Waals surface area (Å²) in [6.45, 7) is 12.5. The van der Waals surface area contributed by atoms with Gasteiger partial charge in [0.1, 0.15) is 0 Å². The van der Waals surface area contributed by atoms with Crippen molar-refractivity contribution < 1.29 is 0 Å². The average molecular weight is 240 g/mol. The Morgan fingerprint density at radius 1 is 1.18 bits per heavy atom. The third-order valence-corrected chi connectivity index (χ3v) is 5.14. The van der Waals surface area contributed by atoms with Crippen LogP contribution in [0.15, 0.2) is 0 Å². The molecule has 0 amide bonds. The van der Waals surface area contributed by atoms with Crippen molar-refractivity contribution in [1.82, 2.24) is 4.90 Å². The molecule has 1 aliphatic rings. The van der Waals surface area contributed by atoms with E-state index in [0.717, 1.165) is 12.5 Å². The van der Waals surface area contributed by atoms with E-state index in [0.29, 0.717) is 11.5 Å². The lowest BCUT2D eigenvalue weighted by Gasteiger charge is -2.50. The maximum absolute atomic E-state index is 6.17. The summed E-state index contributed by atoms with van der Waals surface area (Å²) in [4.78, 5) is 2.58. The van der Waals surface area contributed by atoms with Gasteiger partial charge in [-0.05, 0) is 44.6 Å². The van der Waals surface area contributed by atoms with Gasteiger partial charge in [0, 0.05) is 18.1 Å². The van der Waals surface area contributed by atoms with Gasteiger partial charge in [-0.2, -0.15) is 0 Å². The number of hydrogen-bond donors (Lipinski definition) is 1. The summed E-state index contributed by atoms with van der Waals surface area (Å²) in [7, 11) is 2.28. The maximum Gasteiger partial charge on any atom is 0.0382 e. The van der Waals surface area contributed by atoms with Crippen molar-refractivity contribution >= 4 is 0 Å². The predicted molar refractivity (Wildman–Crippen MR) is 76.1 cm³/mol. The lowest BCUT2D eigenvalue weighted by molar-refractivity contribution is 0.00123. The molecule has 0 radical (unpaired) electrons. The molecule has 1 saturated carbocycles. The Kier molecular flexibility index (Phi) is 4.65. The highest BCUT2D eigenvalue weighted by molar-refractivity contribution is 5.07. The van der Waals surface area contributed by atoms with Gasteiger partial charge in [0.2, 0.25) is 0 Å². The van der Waals surface area contributed by atoms with Gasteiger partial charge in [0.25, 0.3) is 0 Å². The number of likely N-dealkylation sites (N-methyl/N-ethyl adjacent to an activating group) is 1. The van der Waals surface area contributed by atoms with E-state index in [-0.39, 0.29) is 5.54 Å². The second-order valence-corrected chi connectivity index (χ2v) is 7.06. The quantitative estimate of drug-likeness (QED) is 0.799. The molecule has 0 aliphatic heterocycles. The molecule has 2 N–H and O–H groups in total. The fraction of sp³-hybridized carbons (Fsp3) is 1.00. The molecule has 17 heavy (non-hydrogen) atoms. The summed E-state index contributed by atoms with van der Waals surface area (Å²) in [5.41, 5.74) is 6.73. The fourth-order valence-corrected chi connectivity index (χ4v) is 3.83. The van der Waals surface area contributed by atoms with E-state index in [4.69, 9.17) is 5.73 Å².